The number of benzene rings is 2. The van der Waals surface area contributed by atoms with Crippen LogP contribution in [-0.4, -0.2) is 51.9 Å². The summed E-state index contributed by atoms with van der Waals surface area (Å²) in [4.78, 5) is 24.0. The predicted molar refractivity (Wildman–Crippen MR) is 93.7 cm³/mol. The van der Waals surface area contributed by atoms with Crippen molar-refractivity contribution in [2.45, 2.75) is 6.54 Å². The molecule has 5 nitrogen and oxygen atoms in total. The van der Waals surface area contributed by atoms with Gasteiger partial charge in [0.05, 0.1) is 17.4 Å². The number of hydrogen-bond acceptors (Lipinski definition) is 3. The van der Waals surface area contributed by atoms with E-state index < -0.39 is 0 Å². The Morgan fingerprint density at radius 3 is 2.72 bits per heavy atom. The van der Waals surface area contributed by atoms with Gasteiger partial charge in [0.1, 0.15) is 5.82 Å². The van der Waals surface area contributed by atoms with Crippen molar-refractivity contribution in [1.29, 1.82) is 0 Å². The van der Waals surface area contributed by atoms with E-state index >= 15 is 0 Å². The number of piperazine rings is 1. The second kappa shape index (κ2) is 6.64. The lowest BCUT2D eigenvalue weighted by Crippen LogP contribution is -2.48. The first-order valence-electron chi connectivity index (χ1n) is 8.39. The van der Waals surface area contributed by atoms with Gasteiger partial charge < -0.3 is 9.88 Å². The summed E-state index contributed by atoms with van der Waals surface area (Å²) in [6, 6.07) is 12.4. The predicted octanol–water partition coefficient (Wildman–Crippen LogP) is 2.66. The Balaban J connectivity index is 1.39. The van der Waals surface area contributed by atoms with Crippen molar-refractivity contribution in [3.63, 3.8) is 0 Å². The lowest BCUT2D eigenvalue weighted by atomic mass is 10.1. The van der Waals surface area contributed by atoms with Crippen LogP contribution in [0.2, 0.25) is 0 Å². The minimum atomic E-state index is -0.173. The Hall–Kier alpha value is -2.73. The van der Waals surface area contributed by atoms with Gasteiger partial charge >= 0.3 is 0 Å². The number of carbonyl (C=O) groups excluding carboxylic acids is 1. The lowest BCUT2D eigenvalue weighted by molar-refractivity contribution is 0.0627. The Labute approximate surface area is 145 Å². The van der Waals surface area contributed by atoms with E-state index in [-0.39, 0.29) is 11.7 Å². The molecular weight excluding hydrogens is 319 g/mol. The van der Waals surface area contributed by atoms with Crippen LogP contribution in [0.25, 0.3) is 11.0 Å². The quantitative estimate of drug-likeness (QED) is 0.799. The number of halogens is 1. The molecule has 1 amide bonds. The van der Waals surface area contributed by atoms with Gasteiger partial charge in [0.15, 0.2) is 0 Å². The molecule has 1 saturated heterocycles. The van der Waals surface area contributed by atoms with Gasteiger partial charge in [-0.1, -0.05) is 18.2 Å². The summed E-state index contributed by atoms with van der Waals surface area (Å²) >= 11 is 0. The Kier molecular flexibility index (Phi) is 4.19. The van der Waals surface area contributed by atoms with Crippen molar-refractivity contribution in [2.75, 3.05) is 26.2 Å². The molecule has 6 heteroatoms. The van der Waals surface area contributed by atoms with Crippen LogP contribution < -0.4 is 0 Å². The van der Waals surface area contributed by atoms with Gasteiger partial charge in [0.25, 0.3) is 5.91 Å². The lowest BCUT2D eigenvalue weighted by Gasteiger charge is -2.34. The van der Waals surface area contributed by atoms with Crippen LogP contribution in [0.3, 0.4) is 0 Å². The van der Waals surface area contributed by atoms with Gasteiger partial charge in [-0.25, -0.2) is 9.37 Å². The highest BCUT2D eigenvalue weighted by molar-refractivity contribution is 5.97. The van der Waals surface area contributed by atoms with Crippen molar-refractivity contribution in [1.82, 2.24) is 19.8 Å². The molecule has 1 aliphatic heterocycles. The first-order chi connectivity index (χ1) is 12.2. The fourth-order valence-corrected chi connectivity index (χ4v) is 3.22. The molecule has 3 aromatic rings. The van der Waals surface area contributed by atoms with Crippen LogP contribution in [-0.2, 0) is 6.54 Å². The zero-order valence-electron chi connectivity index (χ0n) is 13.8. The smallest absolute Gasteiger partial charge is 0.254 e. The topological polar surface area (TPSA) is 52.2 Å². The van der Waals surface area contributed by atoms with E-state index in [4.69, 9.17) is 0 Å². The summed E-state index contributed by atoms with van der Waals surface area (Å²) in [5.41, 5.74) is 3.07. The van der Waals surface area contributed by atoms with E-state index in [1.807, 2.05) is 35.2 Å². The highest BCUT2D eigenvalue weighted by atomic mass is 19.1. The third-order valence-corrected chi connectivity index (χ3v) is 4.68. The summed E-state index contributed by atoms with van der Waals surface area (Å²) in [6.07, 6.45) is 1.63. The fourth-order valence-electron chi connectivity index (χ4n) is 3.22. The molecule has 2 heterocycles. The number of imidazole rings is 1. The van der Waals surface area contributed by atoms with Crippen LogP contribution in [0.1, 0.15) is 15.9 Å². The van der Waals surface area contributed by atoms with Gasteiger partial charge in [-0.3, -0.25) is 9.69 Å². The average molecular weight is 338 g/mol. The van der Waals surface area contributed by atoms with Crippen molar-refractivity contribution >= 4 is 16.9 Å². The molecule has 0 aliphatic carbocycles. The number of fused-ring (bicyclic) bond motifs is 1. The van der Waals surface area contributed by atoms with Crippen LogP contribution in [0.4, 0.5) is 4.39 Å². The highest BCUT2D eigenvalue weighted by Gasteiger charge is 2.23. The third kappa shape index (κ3) is 3.25. The molecule has 1 aromatic heterocycles. The number of amides is 1. The van der Waals surface area contributed by atoms with Crippen LogP contribution in [0.5, 0.6) is 0 Å². The summed E-state index contributed by atoms with van der Waals surface area (Å²) in [5.74, 6) is -0.149. The Morgan fingerprint density at radius 1 is 1.12 bits per heavy atom. The molecule has 0 spiro atoms. The van der Waals surface area contributed by atoms with Crippen molar-refractivity contribution in [2.24, 2.45) is 0 Å². The van der Waals surface area contributed by atoms with Gasteiger partial charge in [0, 0.05) is 43.9 Å². The van der Waals surface area contributed by atoms with Gasteiger partial charge in [-0.15, -0.1) is 0 Å². The van der Waals surface area contributed by atoms with Crippen LogP contribution in [0, 0.1) is 5.82 Å². The zero-order chi connectivity index (χ0) is 17.2. The molecule has 0 atom stereocenters. The van der Waals surface area contributed by atoms with E-state index in [1.165, 1.54) is 6.07 Å². The molecule has 128 valence electrons. The second-order valence-electron chi connectivity index (χ2n) is 6.29. The Bertz CT molecular complexity index is 899. The first kappa shape index (κ1) is 15.8. The maximum Gasteiger partial charge on any atom is 0.254 e. The maximum atomic E-state index is 13.8. The van der Waals surface area contributed by atoms with E-state index in [9.17, 15) is 9.18 Å². The second-order valence-corrected chi connectivity index (χ2v) is 6.29. The molecular formula is C19H19FN4O. The maximum absolute atomic E-state index is 13.8. The largest absolute Gasteiger partial charge is 0.345 e. The molecule has 0 saturated carbocycles. The van der Waals surface area contributed by atoms with Crippen molar-refractivity contribution < 1.29 is 9.18 Å². The van der Waals surface area contributed by atoms with Crippen molar-refractivity contribution in [3.05, 3.63) is 65.7 Å². The van der Waals surface area contributed by atoms with Gasteiger partial charge in [-0.2, -0.15) is 0 Å². The summed E-state index contributed by atoms with van der Waals surface area (Å²) in [7, 11) is 0. The minimum absolute atomic E-state index is 0.0236. The van der Waals surface area contributed by atoms with E-state index in [0.717, 1.165) is 24.1 Å². The fraction of sp³-hybridized carbons (Fsp3) is 0.263. The monoisotopic (exact) mass is 338 g/mol. The number of nitrogens with zero attached hydrogens (tertiary/aromatic N) is 3. The van der Waals surface area contributed by atoms with Crippen molar-refractivity contribution in [3.8, 4) is 0 Å². The number of H-pyrrole nitrogens is 1. The molecule has 1 fully saturated rings. The number of nitrogens with one attached hydrogen (secondary N) is 1. The zero-order valence-corrected chi connectivity index (χ0v) is 13.8. The minimum Gasteiger partial charge on any atom is -0.345 e. The summed E-state index contributed by atoms with van der Waals surface area (Å²) in [6.45, 7) is 3.35. The van der Waals surface area contributed by atoms with Crippen LogP contribution in [0.15, 0.2) is 48.8 Å². The molecule has 0 bridgehead atoms. The Morgan fingerprint density at radius 2 is 1.92 bits per heavy atom. The molecule has 1 aliphatic rings. The van der Waals surface area contributed by atoms with E-state index in [0.29, 0.717) is 30.8 Å². The van der Waals surface area contributed by atoms with Gasteiger partial charge in [0.2, 0.25) is 0 Å². The van der Waals surface area contributed by atoms with Crippen LogP contribution >= 0.6 is 0 Å². The average Bonchev–Trinajstić information content (AvgIpc) is 3.11. The van der Waals surface area contributed by atoms with E-state index in [2.05, 4.69) is 14.9 Å². The molecule has 4 rings (SSSR count). The normalized spacial score (nSPS) is 15.6. The number of carbonyl (C=O) groups is 1. The number of hydrogen-bond donors (Lipinski definition) is 1. The van der Waals surface area contributed by atoms with E-state index in [1.54, 1.807) is 12.4 Å². The SMILES string of the molecule is O=C(c1ccc2[nH]cnc2c1)N1CCN(Cc2ccccc2F)CC1. The number of aromatic nitrogens is 2. The third-order valence-electron chi connectivity index (χ3n) is 4.68. The standard InChI is InChI=1S/C19H19FN4O/c20-16-4-2-1-3-15(16)12-23-7-9-24(10-8-23)19(25)14-5-6-17-18(11-14)22-13-21-17/h1-6,11,13H,7-10,12H2,(H,21,22). The number of rotatable bonds is 3. The van der Waals surface area contributed by atoms with Gasteiger partial charge in [-0.05, 0) is 24.3 Å². The molecule has 25 heavy (non-hydrogen) atoms. The number of aromatic amines is 1. The molecule has 1 N–H and O–H groups in total. The molecule has 0 radical (unpaired) electrons. The summed E-state index contributed by atoms with van der Waals surface area (Å²) < 4.78 is 13.8. The first-order valence-corrected chi connectivity index (χ1v) is 8.39. The summed E-state index contributed by atoms with van der Waals surface area (Å²) in [5, 5.41) is 0. The molecule has 2 aromatic carbocycles. The highest BCUT2D eigenvalue weighted by Crippen LogP contribution is 2.16. The molecule has 0 unspecified atom stereocenters.